The Morgan fingerprint density at radius 2 is 1.74 bits per heavy atom. The molecule has 0 bridgehead atoms. The van der Waals surface area contributed by atoms with Crippen LogP contribution in [0, 0.1) is 11.3 Å². The number of nitriles is 1. The summed E-state index contributed by atoms with van der Waals surface area (Å²) in [5.74, 6) is -0.301. The maximum Gasteiger partial charge on any atom is 0.421 e. The van der Waals surface area contributed by atoms with Gasteiger partial charge in [0, 0.05) is 17.6 Å². The van der Waals surface area contributed by atoms with Gasteiger partial charge in [-0.15, -0.1) is 0 Å². The minimum atomic E-state index is -4.60. The van der Waals surface area contributed by atoms with E-state index in [1.807, 2.05) is 18.2 Å². The molecule has 0 spiro atoms. The van der Waals surface area contributed by atoms with Gasteiger partial charge in [-0.25, -0.2) is 4.98 Å². The van der Waals surface area contributed by atoms with Crippen molar-refractivity contribution in [3.05, 3.63) is 71.4 Å². The van der Waals surface area contributed by atoms with E-state index in [1.165, 1.54) is 0 Å². The van der Waals surface area contributed by atoms with E-state index in [0.29, 0.717) is 16.9 Å². The van der Waals surface area contributed by atoms with E-state index in [-0.39, 0.29) is 11.8 Å². The first kappa shape index (κ1) is 22.1. The Bertz CT molecular complexity index is 1060. The molecule has 1 aromatic heterocycles. The molecule has 0 saturated carbocycles. The molecule has 0 aliphatic carbocycles. The van der Waals surface area contributed by atoms with Gasteiger partial charge in [0.2, 0.25) is 5.95 Å². The fraction of sp³-hybridized carbons (Fsp3) is 0.261. The minimum absolute atomic E-state index is 0.0173. The number of rotatable bonds is 8. The lowest BCUT2D eigenvalue weighted by Gasteiger charge is -2.17. The van der Waals surface area contributed by atoms with Crippen molar-refractivity contribution in [3.63, 3.8) is 0 Å². The van der Waals surface area contributed by atoms with E-state index in [2.05, 4.69) is 27.5 Å². The van der Waals surface area contributed by atoms with Crippen LogP contribution in [0.1, 0.15) is 42.9 Å². The van der Waals surface area contributed by atoms with Crippen LogP contribution in [0.5, 0.6) is 0 Å². The van der Waals surface area contributed by atoms with Crippen molar-refractivity contribution in [2.24, 2.45) is 0 Å². The topological polar surface area (TPSA) is 73.6 Å². The second-order valence-corrected chi connectivity index (χ2v) is 7.01. The molecule has 3 rings (SSSR count). The molecule has 160 valence electrons. The molecule has 0 saturated heterocycles. The highest BCUT2D eigenvalue weighted by Crippen LogP contribution is 2.36. The van der Waals surface area contributed by atoms with Gasteiger partial charge in [0.05, 0.1) is 11.6 Å². The summed E-state index contributed by atoms with van der Waals surface area (Å²) < 4.78 is 40.7. The highest BCUT2D eigenvalue weighted by Gasteiger charge is 2.35. The molecule has 0 aliphatic rings. The standard InChI is InChI=1S/C23H22F3N5/c1-2-3-4-7-17-8-5-6-9-20(17)30-21-19(23(24,25)26)15-28-22(31-21)29-18-12-10-16(14-27)11-13-18/h5-6,8-13,15H,2-4,7H2,1H3,(H2,28,29,30,31). The van der Waals surface area contributed by atoms with Crippen molar-refractivity contribution in [2.45, 2.75) is 38.8 Å². The Balaban J connectivity index is 1.90. The molecule has 3 aromatic rings. The van der Waals surface area contributed by atoms with Crippen molar-refractivity contribution in [3.8, 4) is 6.07 Å². The number of hydrogen-bond donors (Lipinski definition) is 2. The van der Waals surface area contributed by atoms with Crippen LogP contribution in [-0.2, 0) is 12.6 Å². The Kier molecular flexibility index (Phi) is 7.08. The minimum Gasteiger partial charge on any atom is -0.339 e. The van der Waals surface area contributed by atoms with Crippen LogP contribution < -0.4 is 10.6 Å². The zero-order valence-electron chi connectivity index (χ0n) is 17.0. The highest BCUT2D eigenvalue weighted by atomic mass is 19.4. The first-order chi connectivity index (χ1) is 14.9. The summed E-state index contributed by atoms with van der Waals surface area (Å²) in [6, 6.07) is 15.8. The van der Waals surface area contributed by atoms with Gasteiger partial charge in [-0.05, 0) is 48.7 Å². The second kappa shape index (κ2) is 9.94. The van der Waals surface area contributed by atoms with Crippen molar-refractivity contribution >= 4 is 23.1 Å². The molecule has 2 aromatic carbocycles. The average Bonchev–Trinajstić information content (AvgIpc) is 2.75. The second-order valence-electron chi connectivity index (χ2n) is 7.01. The lowest BCUT2D eigenvalue weighted by molar-refractivity contribution is -0.137. The Labute approximate surface area is 179 Å². The maximum atomic E-state index is 13.6. The van der Waals surface area contributed by atoms with E-state index < -0.39 is 11.7 Å². The summed E-state index contributed by atoms with van der Waals surface area (Å²) in [7, 11) is 0. The third kappa shape index (κ3) is 5.95. The third-order valence-corrected chi connectivity index (χ3v) is 4.68. The molecule has 0 amide bonds. The monoisotopic (exact) mass is 425 g/mol. The van der Waals surface area contributed by atoms with Gasteiger partial charge >= 0.3 is 6.18 Å². The molecule has 8 heteroatoms. The molecule has 0 unspecified atom stereocenters. The third-order valence-electron chi connectivity index (χ3n) is 4.68. The van der Waals surface area contributed by atoms with Crippen LogP contribution in [0.3, 0.4) is 0 Å². The number of aryl methyl sites for hydroxylation is 1. The molecule has 0 radical (unpaired) electrons. The van der Waals surface area contributed by atoms with Crippen LogP contribution in [0.25, 0.3) is 0 Å². The summed E-state index contributed by atoms with van der Waals surface area (Å²) in [5.41, 5.74) is 1.61. The fourth-order valence-corrected chi connectivity index (χ4v) is 3.06. The van der Waals surface area contributed by atoms with Gasteiger partial charge in [-0.3, -0.25) is 0 Å². The average molecular weight is 425 g/mol. The number of aromatic nitrogens is 2. The number of hydrogen-bond acceptors (Lipinski definition) is 5. The summed E-state index contributed by atoms with van der Waals surface area (Å²) in [6.45, 7) is 2.10. The van der Waals surface area contributed by atoms with Crippen molar-refractivity contribution in [1.29, 1.82) is 5.26 Å². The lowest BCUT2D eigenvalue weighted by atomic mass is 10.1. The predicted octanol–water partition coefficient (Wildman–Crippen LogP) is 6.59. The van der Waals surface area contributed by atoms with Gasteiger partial charge in [0.25, 0.3) is 0 Å². The first-order valence-electron chi connectivity index (χ1n) is 9.97. The molecular weight excluding hydrogens is 403 g/mol. The quantitative estimate of drug-likeness (QED) is 0.399. The van der Waals surface area contributed by atoms with Gasteiger partial charge < -0.3 is 10.6 Å². The van der Waals surface area contributed by atoms with Crippen LogP contribution in [0.15, 0.2) is 54.7 Å². The SMILES string of the molecule is CCCCCc1ccccc1Nc1nc(Nc2ccc(C#N)cc2)ncc1C(F)(F)F. The number of anilines is 4. The van der Waals surface area contributed by atoms with Crippen LogP contribution in [0.4, 0.5) is 36.3 Å². The molecular formula is C23H22F3N5. The summed E-state index contributed by atoms with van der Waals surface area (Å²) in [4.78, 5) is 7.91. The van der Waals surface area contributed by atoms with Crippen molar-refractivity contribution in [2.75, 3.05) is 10.6 Å². The van der Waals surface area contributed by atoms with Gasteiger partial charge in [-0.1, -0.05) is 38.0 Å². The first-order valence-corrected chi connectivity index (χ1v) is 9.97. The zero-order valence-corrected chi connectivity index (χ0v) is 17.0. The number of nitrogens with zero attached hydrogens (tertiary/aromatic N) is 3. The van der Waals surface area contributed by atoms with E-state index >= 15 is 0 Å². The van der Waals surface area contributed by atoms with Gasteiger partial charge in [-0.2, -0.15) is 23.4 Å². The number of benzene rings is 2. The lowest BCUT2D eigenvalue weighted by Crippen LogP contribution is -2.13. The van der Waals surface area contributed by atoms with E-state index in [9.17, 15) is 13.2 Å². The summed E-state index contributed by atoms with van der Waals surface area (Å²) in [6.07, 6.45) is -0.0116. The molecule has 1 heterocycles. The highest BCUT2D eigenvalue weighted by molar-refractivity contribution is 5.65. The summed E-state index contributed by atoms with van der Waals surface area (Å²) in [5, 5.41) is 14.6. The van der Waals surface area contributed by atoms with E-state index in [4.69, 9.17) is 5.26 Å². The van der Waals surface area contributed by atoms with Crippen molar-refractivity contribution < 1.29 is 13.2 Å². The maximum absolute atomic E-state index is 13.6. The smallest absolute Gasteiger partial charge is 0.339 e. The molecule has 31 heavy (non-hydrogen) atoms. The van der Waals surface area contributed by atoms with Crippen LogP contribution in [0.2, 0.25) is 0 Å². The van der Waals surface area contributed by atoms with Crippen LogP contribution in [-0.4, -0.2) is 9.97 Å². The van der Waals surface area contributed by atoms with Gasteiger partial charge in [0.15, 0.2) is 0 Å². The number of unbranched alkanes of at least 4 members (excludes halogenated alkanes) is 2. The van der Waals surface area contributed by atoms with Crippen molar-refractivity contribution in [1.82, 2.24) is 9.97 Å². The largest absolute Gasteiger partial charge is 0.421 e. The van der Waals surface area contributed by atoms with Gasteiger partial charge in [0.1, 0.15) is 11.4 Å². The molecule has 0 aliphatic heterocycles. The number of nitrogens with one attached hydrogen (secondary N) is 2. The number of halogens is 3. The normalized spacial score (nSPS) is 11.1. The zero-order chi connectivity index (χ0) is 22.3. The Morgan fingerprint density at radius 1 is 1.00 bits per heavy atom. The number of para-hydroxylation sites is 1. The fourth-order valence-electron chi connectivity index (χ4n) is 3.06. The van der Waals surface area contributed by atoms with Crippen LogP contribution >= 0.6 is 0 Å². The molecule has 5 nitrogen and oxygen atoms in total. The Hall–Kier alpha value is -3.60. The van der Waals surface area contributed by atoms with E-state index in [0.717, 1.165) is 37.4 Å². The molecule has 0 atom stereocenters. The molecule has 2 N–H and O–H groups in total. The Morgan fingerprint density at radius 3 is 2.42 bits per heavy atom. The molecule has 0 fully saturated rings. The number of alkyl halides is 3. The predicted molar refractivity (Wildman–Crippen MR) is 114 cm³/mol. The summed E-state index contributed by atoms with van der Waals surface area (Å²) >= 11 is 0. The van der Waals surface area contributed by atoms with E-state index in [1.54, 1.807) is 36.4 Å².